The number of H-pyrrole nitrogens is 1. The largest absolute Gasteiger partial charge is 0.465 e. The summed E-state index contributed by atoms with van der Waals surface area (Å²) in [5.41, 5.74) is 4.21. The second kappa shape index (κ2) is 12.1. The lowest BCUT2D eigenvalue weighted by Gasteiger charge is -2.38. The molecule has 1 saturated heterocycles. The van der Waals surface area contributed by atoms with Crippen LogP contribution in [0.2, 0.25) is 0 Å². The van der Waals surface area contributed by atoms with Crippen LogP contribution < -0.4 is 5.69 Å². The lowest BCUT2D eigenvalue weighted by molar-refractivity contribution is 0.0944. The van der Waals surface area contributed by atoms with Crippen LogP contribution in [0.15, 0.2) is 89.7 Å². The van der Waals surface area contributed by atoms with Crippen molar-refractivity contribution in [1.82, 2.24) is 19.4 Å². The highest BCUT2D eigenvalue weighted by molar-refractivity contribution is 5.75. The van der Waals surface area contributed by atoms with Gasteiger partial charge in [-0.3, -0.25) is 9.47 Å². The number of likely N-dealkylation sites (tertiary alicyclic amines) is 1. The molecule has 0 spiro atoms. The van der Waals surface area contributed by atoms with Gasteiger partial charge >= 0.3 is 11.8 Å². The summed E-state index contributed by atoms with van der Waals surface area (Å²) in [6.07, 6.45) is 2.64. The van der Waals surface area contributed by atoms with Gasteiger partial charge in [0.2, 0.25) is 0 Å². The number of para-hydroxylation sites is 2. The molecule has 1 aliphatic rings. The predicted molar refractivity (Wildman–Crippen MR) is 150 cm³/mol. The quantitative estimate of drug-likeness (QED) is 0.265. The van der Waals surface area contributed by atoms with Gasteiger partial charge in [-0.1, -0.05) is 79.2 Å². The molecule has 1 amide bonds. The number of carbonyl (C=O) groups is 1. The second-order valence-corrected chi connectivity index (χ2v) is 10.3. The molecular weight excluding hydrogens is 476 g/mol. The highest BCUT2D eigenvalue weighted by Crippen LogP contribution is 2.33. The Hall–Kier alpha value is -3.84. The third kappa shape index (κ3) is 6.17. The number of hydrogen-bond acceptors (Lipinski definition) is 3. The molecule has 1 aromatic heterocycles. The van der Waals surface area contributed by atoms with Crippen molar-refractivity contribution < 1.29 is 9.90 Å². The number of imidazole rings is 1. The number of nitrogens with zero attached hydrogens (tertiary/aromatic N) is 3. The topological polar surface area (TPSA) is 81.6 Å². The molecule has 4 aromatic rings. The lowest BCUT2D eigenvalue weighted by atomic mass is 9.87. The molecule has 1 aliphatic heterocycles. The Bertz CT molecular complexity index is 1340. The molecule has 0 saturated carbocycles. The number of fused-ring (bicyclic) bond motifs is 1. The summed E-state index contributed by atoms with van der Waals surface area (Å²) in [5.74, 6) is 0.0912. The van der Waals surface area contributed by atoms with E-state index in [2.05, 4.69) is 58.4 Å². The fourth-order valence-electron chi connectivity index (χ4n) is 5.86. The Morgan fingerprint density at radius 3 is 2.18 bits per heavy atom. The van der Waals surface area contributed by atoms with Crippen molar-refractivity contribution >= 4 is 17.1 Å². The smallest absolute Gasteiger partial charge is 0.407 e. The third-order valence-corrected chi connectivity index (χ3v) is 7.72. The van der Waals surface area contributed by atoms with Crippen molar-refractivity contribution in [3.63, 3.8) is 0 Å². The molecule has 38 heavy (non-hydrogen) atoms. The van der Waals surface area contributed by atoms with E-state index in [0.29, 0.717) is 19.5 Å². The molecule has 1 fully saturated rings. The Morgan fingerprint density at radius 1 is 0.895 bits per heavy atom. The minimum absolute atomic E-state index is 0.0148. The summed E-state index contributed by atoms with van der Waals surface area (Å²) in [5, 5.41) is 9.67. The lowest BCUT2D eigenvalue weighted by Crippen LogP contribution is -2.45. The number of nitrogens with one attached hydrogen (secondary N) is 1. The Labute approximate surface area is 223 Å². The van der Waals surface area contributed by atoms with Crippen molar-refractivity contribution in [1.29, 1.82) is 0 Å². The summed E-state index contributed by atoms with van der Waals surface area (Å²) in [7, 11) is 0. The van der Waals surface area contributed by atoms with Gasteiger partial charge in [0.25, 0.3) is 0 Å². The molecule has 198 valence electrons. The number of amides is 1. The number of piperidine rings is 1. The number of aromatic nitrogens is 2. The maximum absolute atomic E-state index is 12.9. The van der Waals surface area contributed by atoms with Gasteiger partial charge in [-0.2, -0.15) is 0 Å². The maximum Gasteiger partial charge on any atom is 0.407 e. The summed E-state index contributed by atoms with van der Waals surface area (Å²) in [6, 6.07) is 28.9. The molecule has 0 aliphatic carbocycles. The van der Waals surface area contributed by atoms with Gasteiger partial charge in [0.15, 0.2) is 0 Å². The van der Waals surface area contributed by atoms with E-state index in [-0.39, 0.29) is 17.6 Å². The zero-order chi connectivity index (χ0) is 26.3. The number of benzene rings is 3. The van der Waals surface area contributed by atoms with Crippen LogP contribution in [-0.2, 0) is 13.1 Å². The molecule has 2 atom stereocenters. The molecule has 0 radical (unpaired) electrons. The summed E-state index contributed by atoms with van der Waals surface area (Å²) in [6.45, 7) is 3.64. The third-order valence-electron chi connectivity index (χ3n) is 7.72. The van der Waals surface area contributed by atoms with Gasteiger partial charge in [0, 0.05) is 32.2 Å². The first-order valence-electron chi connectivity index (χ1n) is 13.6. The standard InChI is InChI=1S/C31H36N4O3/c36-30-32-27-16-7-8-17-29(27)35(30)28-18-20-34(31(37)38)23-26(28)15-9-10-19-33(21-24-11-3-1-4-12-24)22-25-13-5-2-6-14-25/h1-8,11-14,16-17,26,28H,9-10,15,18-23H2,(H,32,36)(H,37,38). The van der Waals surface area contributed by atoms with Crippen molar-refractivity contribution in [2.45, 2.75) is 44.8 Å². The van der Waals surface area contributed by atoms with Gasteiger partial charge < -0.3 is 15.0 Å². The number of rotatable bonds is 10. The highest BCUT2D eigenvalue weighted by atomic mass is 16.4. The van der Waals surface area contributed by atoms with E-state index in [1.54, 1.807) is 0 Å². The van der Waals surface area contributed by atoms with Crippen molar-refractivity contribution in [2.24, 2.45) is 5.92 Å². The van der Waals surface area contributed by atoms with Gasteiger partial charge in [-0.25, -0.2) is 9.59 Å². The monoisotopic (exact) mass is 512 g/mol. The van der Waals surface area contributed by atoms with E-state index in [9.17, 15) is 14.7 Å². The van der Waals surface area contributed by atoms with Gasteiger partial charge in [-0.15, -0.1) is 0 Å². The maximum atomic E-state index is 12.9. The predicted octanol–water partition coefficient (Wildman–Crippen LogP) is 5.74. The molecule has 7 nitrogen and oxygen atoms in total. The van der Waals surface area contributed by atoms with Crippen molar-refractivity contribution in [3.8, 4) is 0 Å². The fourth-order valence-corrected chi connectivity index (χ4v) is 5.86. The SMILES string of the molecule is O=C(O)N1CCC(n2c(=O)[nH]c3ccccc32)C(CCCCN(Cc2ccccc2)Cc2ccccc2)C1. The molecule has 7 heteroatoms. The molecule has 2 heterocycles. The number of carboxylic acid groups (broad SMARTS) is 1. The van der Waals surface area contributed by atoms with E-state index in [4.69, 9.17) is 0 Å². The van der Waals surface area contributed by atoms with E-state index >= 15 is 0 Å². The molecular formula is C31H36N4O3. The molecule has 0 bridgehead atoms. The van der Waals surface area contributed by atoms with Crippen LogP contribution in [-0.4, -0.2) is 50.2 Å². The first kappa shape index (κ1) is 25.8. The van der Waals surface area contributed by atoms with E-state index in [1.807, 2.05) is 41.0 Å². The Balaban J connectivity index is 1.27. The van der Waals surface area contributed by atoms with Crippen LogP contribution in [0.1, 0.15) is 42.9 Å². The summed E-state index contributed by atoms with van der Waals surface area (Å²) in [4.78, 5) is 31.7. The summed E-state index contributed by atoms with van der Waals surface area (Å²) < 4.78 is 1.87. The second-order valence-electron chi connectivity index (χ2n) is 10.3. The zero-order valence-corrected chi connectivity index (χ0v) is 21.7. The number of aromatic amines is 1. The van der Waals surface area contributed by atoms with Crippen LogP contribution in [0, 0.1) is 5.92 Å². The normalized spacial score (nSPS) is 17.8. The molecule has 5 rings (SSSR count). The van der Waals surface area contributed by atoms with Crippen LogP contribution in [0.25, 0.3) is 11.0 Å². The van der Waals surface area contributed by atoms with Crippen molar-refractivity contribution in [2.75, 3.05) is 19.6 Å². The van der Waals surface area contributed by atoms with Crippen LogP contribution in [0.5, 0.6) is 0 Å². The molecule has 2 N–H and O–H groups in total. The number of hydrogen-bond donors (Lipinski definition) is 2. The average molecular weight is 513 g/mol. The van der Waals surface area contributed by atoms with Crippen LogP contribution in [0.3, 0.4) is 0 Å². The number of unbranched alkanes of at least 4 members (excludes halogenated alkanes) is 1. The van der Waals surface area contributed by atoms with E-state index < -0.39 is 6.09 Å². The van der Waals surface area contributed by atoms with Crippen LogP contribution in [0.4, 0.5) is 4.79 Å². The van der Waals surface area contributed by atoms with Crippen molar-refractivity contribution in [3.05, 3.63) is 107 Å². The van der Waals surface area contributed by atoms with Gasteiger partial charge in [0.05, 0.1) is 11.0 Å². The Kier molecular flexibility index (Phi) is 8.24. The molecule has 3 aromatic carbocycles. The van der Waals surface area contributed by atoms with Gasteiger partial charge in [0.1, 0.15) is 0 Å². The van der Waals surface area contributed by atoms with Gasteiger partial charge in [-0.05, 0) is 55.0 Å². The highest BCUT2D eigenvalue weighted by Gasteiger charge is 2.33. The van der Waals surface area contributed by atoms with E-state index in [1.165, 1.54) is 16.0 Å². The minimum atomic E-state index is -0.878. The summed E-state index contributed by atoms with van der Waals surface area (Å²) >= 11 is 0. The fraction of sp³-hybridized carbons (Fsp3) is 0.355. The van der Waals surface area contributed by atoms with E-state index in [0.717, 1.165) is 49.9 Å². The first-order valence-corrected chi connectivity index (χ1v) is 13.6. The average Bonchev–Trinajstić information content (AvgIpc) is 3.27. The zero-order valence-electron chi connectivity index (χ0n) is 21.7. The minimum Gasteiger partial charge on any atom is -0.465 e. The first-order chi connectivity index (χ1) is 18.6. The molecule has 2 unspecified atom stereocenters. The van der Waals surface area contributed by atoms with Crippen LogP contribution >= 0.6 is 0 Å². The Morgan fingerprint density at radius 2 is 1.53 bits per heavy atom.